The molecule has 6 rings (SSSR count). The SMILES string of the molecule is Cc1cc(C2(c3cc(C)c(O)c(C)c3)CCCC2)cc(C)c1O.Cc1cc(C2(c3cc(C)c(O)c(C)c3)CCCC2)cc(C)c1O. The number of benzene rings is 4. The number of hydrogen-bond acceptors (Lipinski definition) is 4. The highest BCUT2D eigenvalue weighted by Crippen LogP contribution is 2.50. The molecule has 4 nitrogen and oxygen atoms in total. The molecular weight excluding hydrogens is 568 g/mol. The van der Waals surface area contributed by atoms with Crippen molar-refractivity contribution in [1.29, 1.82) is 0 Å². The average Bonchev–Trinajstić information content (AvgIpc) is 3.72. The maximum absolute atomic E-state index is 10.1. The molecule has 0 bridgehead atoms. The lowest BCUT2D eigenvalue weighted by Crippen LogP contribution is -2.24. The van der Waals surface area contributed by atoms with Gasteiger partial charge in [0.1, 0.15) is 23.0 Å². The quantitative estimate of drug-likeness (QED) is 0.183. The molecule has 0 spiro atoms. The predicted molar refractivity (Wildman–Crippen MR) is 189 cm³/mol. The highest BCUT2D eigenvalue weighted by atomic mass is 16.3. The van der Waals surface area contributed by atoms with Crippen molar-refractivity contribution in [3.8, 4) is 23.0 Å². The van der Waals surface area contributed by atoms with E-state index in [0.717, 1.165) is 70.2 Å². The van der Waals surface area contributed by atoms with Gasteiger partial charge in [-0.3, -0.25) is 0 Å². The van der Waals surface area contributed by atoms with E-state index in [9.17, 15) is 20.4 Å². The molecule has 46 heavy (non-hydrogen) atoms. The van der Waals surface area contributed by atoms with Gasteiger partial charge in [0.05, 0.1) is 0 Å². The summed E-state index contributed by atoms with van der Waals surface area (Å²) in [4.78, 5) is 0. The second kappa shape index (κ2) is 12.7. The van der Waals surface area contributed by atoms with Crippen molar-refractivity contribution < 1.29 is 20.4 Å². The van der Waals surface area contributed by atoms with E-state index in [2.05, 4.69) is 48.5 Å². The lowest BCUT2D eigenvalue weighted by Gasteiger charge is -2.32. The number of phenolic OH excluding ortho intramolecular Hbond substituents is 4. The van der Waals surface area contributed by atoms with Gasteiger partial charge < -0.3 is 20.4 Å². The Bertz CT molecular complexity index is 1420. The minimum atomic E-state index is 0.00639. The standard InChI is InChI=1S/2C21H26O2/c2*1-13-9-17(10-14(2)19(13)22)21(7-5-6-8-21)18-11-15(3)20(23)16(4)12-18/h2*9-12,22-23H,5-8H2,1-4H3. The lowest BCUT2D eigenvalue weighted by atomic mass is 9.71. The van der Waals surface area contributed by atoms with E-state index in [4.69, 9.17) is 0 Å². The van der Waals surface area contributed by atoms with Crippen molar-refractivity contribution in [2.45, 2.75) is 118 Å². The topological polar surface area (TPSA) is 80.9 Å². The molecule has 2 fully saturated rings. The normalized spacial score (nSPS) is 16.7. The molecule has 0 aromatic heterocycles. The Kier molecular flexibility index (Phi) is 9.23. The van der Waals surface area contributed by atoms with Crippen molar-refractivity contribution in [3.63, 3.8) is 0 Å². The van der Waals surface area contributed by atoms with Crippen molar-refractivity contribution in [2.75, 3.05) is 0 Å². The van der Waals surface area contributed by atoms with Crippen molar-refractivity contribution in [3.05, 3.63) is 115 Å². The van der Waals surface area contributed by atoms with Gasteiger partial charge in [-0.2, -0.15) is 0 Å². The van der Waals surface area contributed by atoms with Crippen LogP contribution in [0.4, 0.5) is 0 Å². The van der Waals surface area contributed by atoms with Crippen LogP contribution in [0.5, 0.6) is 23.0 Å². The van der Waals surface area contributed by atoms with Crippen LogP contribution in [0.15, 0.2) is 48.5 Å². The molecule has 4 aromatic carbocycles. The van der Waals surface area contributed by atoms with Gasteiger partial charge in [0.2, 0.25) is 0 Å². The molecule has 2 aliphatic carbocycles. The third-order valence-corrected chi connectivity index (χ3v) is 11.1. The van der Waals surface area contributed by atoms with Gasteiger partial charge in [0.15, 0.2) is 0 Å². The van der Waals surface area contributed by atoms with E-state index in [1.165, 1.54) is 47.9 Å². The Morgan fingerprint density at radius 3 is 0.630 bits per heavy atom. The molecule has 0 amide bonds. The zero-order chi connectivity index (χ0) is 33.6. The zero-order valence-corrected chi connectivity index (χ0v) is 29.1. The summed E-state index contributed by atoms with van der Waals surface area (Å²) in [7, 11) is 0. The molecule has 4 heteroatoms. The molecule has 2 saturated carbocycles. The summed E-state index contributed by atoms with van der Waals surface area (Å²) in [6.07, 6.45) is 9.38. The van der Waals surface area contributed by atoms with Crippen LogP contribution < -0.4 is 0 Å². The molecular formula is C42H52O4. The summed E-state index contributed by atoms with van der Waals surface area (Å²) >= 11 is 0. The van der Waals surface area contributed by atoms with E-state index >= 15 is 0 Å². The summed E-state index contributed by atoms with van der Waals surface area (Å²) in [5, 5.41) is 40.5. The molecule has 0 radical (unpaired) electrons. The number of aromatic hydroxyl groups is 4. The van der Waals surface area contributed by atoms with E-state index in [-0.39, 0.29) is 10.8 Å². The lowest BCUT2D eigenvalue weighted by molar-refractivity contribution is 0.461. The summed E-state index contributed by atoms with van der Waals surface area (Å²) in [6, 6.07) is 17.2. The van der Waals surface area contributed by atoms with Crippen molar-refractivity contribution in [2.24, 2.45) is 0 Å². The fourth-order valence-electron chi connectivity index (χ4n) is 8.37. The highest BCUT2D eigenvalue weighted by Gasteiger charge is 2.39. The fourth-order valence-corrected chi connectivity index (χ4v) is 8.37. The minimum absolute atomic E-state index is 0.00639. The van der Waals surface area contributed by atoms with Crippen molar-refractivity contribution >= 4 is 0 Å². The highest BCUT2D eigenvalue weighted by molar-refractivity contribution is 5.54. The average molecular weight is 621 g/mol. The van der Waals surface area contributed by atoms with E-state index in [1.807, 2.05) is 55.4 Å². The van der Waals surface area contributed by atoms with Gasteiger partial charge >= 0.3 is 0 Å². The smallest absolute Gasteiger partial charge is 0.121 e. The number of hydrogen-bond donors (Lipinski definition) is 4. The molecule has 0 saturated heterocycles. The zero-order valence-electron chi connectivity index (χ0n) is 29.1. The Balaban J connectivity index is 0.000000181. The van der Waals surface area contributed by atoms with E-state index in [1.54, 1.807) is 0 Å². The Morgan fingerprint density at radius 1 is 0.326 bits per heavy atom. The Morgan fingerprint density at radius 2 is 0.478 bits per heavy atom. The summed E-state index contributed by atoms with van der Waals surface area (Å²) in [5.41, 5.74) is 12.8. The third-order valence-electron chi connectivity index (χ3n) is 11.1. The second-order valence-electron chi connectivity index (χ2n) is 14.4. The van der Waals surface area contributed by atoms with Gasteiger partial charge in [-0.25, -0.2) is 0 Å². The van der Waals surface area contributed by atoms with Crippen LogP contribution in [0.1, 0.15) is 118 Å². The number of phenols is 4. The summed E-state index contributed by atoms with van der Waals surface area (Å²) in [6.45, 7) is 15.8. The third kappa shape index (κ3) is 5.87. The first-order valence-electron chi connectivity index (χ1n) is 16.9. The van der Waals surface area contributed by atoms with Crippen LogP contribution in [0.25, 0.3) is 0 Å². The number of aryl methyl sites for hydroxylation is 8. The van der Waals surface area contributed by atoms with Gasteiger partial charge in [0.25, 0.3) is 0 Å². The monoisotopic (exact) mass is 620 g/mol. The Hall–Kier alpha value is -3.92. The van der Waals surface area contributed by atoms with Gasteiger partial charge in [-0.05, 0) is 148 Å². The molecule has 2 aliphatic rings. The first-order valence-corrected chi connectivity index (χ1v) is 16.9. The molecule has 0 heterocycles. The summed E-state index contributed by atoms with van der Waals surface area (Å²) < 4.78 is 0. The first kappa shape index (κ1) is 33.4. The molecule has 4 aromatic rings. The number of rotatable bonds is 4. The predicted octanol–water partition coefficient (Wildman–Crippen LogP) is 10.4. The van der Waals surface area contributed by atoms with Gasteiger partial charge in [-0.15, -0.1) is 0 Å². The van der Waals surface area contributed by atoms with Crippen LogP contribution in [-0.2, 0) is 10.8 Å². The minimum Gasteiger partial charge on any atom is -0.507 e. The van der Waals surface area contributed by atoms with E-state index < -0.39 is 0 Å². The van der Waals surface area contributed by atoms with Crippen LogP contribution in [0, 0.1) is 55.4 Å². The van der Waals surface area contributed by atoms with Crippen LogP contribution in [0.3, 0.4) is 0 Å². The summed E-state index contributed by atoms with van der Waals surface area (Å²) in [5.74, 6) is 1.61. The van der Waals surface area contributed by atoms with Crippen LogP contribution >= 0.6 is 0 Å². The maximum atomic E-state index is 10.1. The van der Waals surface area contributed by atoms with E-state index in [0.29, 0.717) is 23.0 Å². The van der Waals surface area contributed by atoms with Gasteiger partial charge in [-0.1, -0.05) is 74.2 Å². The van der Waals surface area contributed by atoms with Crippen LogP contribution in [-0.4, -0.2) is 20.4 Å². The Labute approximate surface area is 275 Å². The first-order chi connectivity index (χ1) is 21.7. The largest absolute Gasteiger partial charge is 0.507 e. The second-order valence-corrected chi connectivity index (χ2v) is 14.4. The van der Waals surface area contributed by atoms with Gasteiger partial charge in [0, 0.05) is 10.8 Å². The molecule has 244 valence electrons. The molecule has 0 aliphatic heterocycles. The molecule has 0 atom stereocenters. The fraction of sp³-hybridized carbons (Fsp3) is 0.429. The van der Waals surface area contributed by atoms with Crippen molar-refractivity contribution in [1.82, 2.24) is 0 Å². The maximum Gasteiger partial charge on any atom is 0.121 e. The molecule has 4 N–H and O–H groups in total. The molecule has 0 unspecified atom stereocenters. The van der Waals surface area contributed by atoms with Crippen LogP contribution in [0.2, 0.25) is 0 Å².